The second-order valence-corrected chi connectivity index (χ2v) is 6.41. The van der Waals surface area contributed by atoms with Crippen molar-refractivity contribution < 1.29 is 9.53 Å². The van der Waals surface area contributed by atoms with Gasteiger partial charge in [-0.15, -0.1) is 0 Å². The van der Waals surface area contributed by atoms with Gasteiger partial charge in [0.2, 0.25) is 0 Å². The first-order valence-corrected chi connectivity index (χ1v) is 8.57. The Morgan fingerprint density at radius 1 is 1.19 bits per heavy atom. The van der Waals surface area contributed by atoms with E-state index in [0.29, 0.717) is 17.3 Å². The SMILES string of the molecule is COc1cccc([C@H](CNC(=O)c2n[nH]c(=O)c3ccccc23)N(C)C)c1. The molecule has 7 nitrogen and oxygen atoms in total. The van der Waals surface area contributed by atoms with Crippen molar-refractivity contribution in [2.24, 2.45) is 0 Å². The average Bonchev–Trinajstić information content (AvgIpc) is 2.68. The van der Waals surface area contributed by atoms with Gasteiger partial charge in [-0.2, -0.15) is 5.10 Å². The highest BCUT2D eigenvalue weighted by molar-refractivity contribution is 6.04. The second kappa shape index (κ2) is 8.01. The molecule has 27 heavy (non-hydrogen) atoms. The number of H-pyrrole nitrogens is 1. The quantitative estimate of drug-likeness (QED) is 0.696. The van der Waals surface area contributed by atoms with Gasteiger partial charge in [-0.1, -0.05) is 30.3 Å². The number of methoxy groups -OCH3 is 1. The van der Waals surface area contributed by atoms with E-state index in [1.807, 2.05) is 43.3 Å². The standard InChI is InChI=1S/C20H22N4O3/c1-24(2)17(13-7-6-8-14(11-13)27-3)12-21-20(26)18-15-9-4-5-10-16(15)19(25)23-22-18/h4-11,17H,12H2,1-3H3,(H,21,26)(H,23,25)/t17-/m0/s1. The zero-order valence-corrected chi connectivity index (χ0v) is 15.5. The molecule has 2 aromatic carbocycles. The van der Waals surface area contributed by atoms with Crippen LogP contribution in [0.2, 0.25) is 0 Å². The van der Waals surface area contributed by atoms with E-state index in [4.69, 9.17) is 4.74 Å². The third-order valence-electron chi connectivity index (χ3n) is 4.47. The van der Waals surface area contributed by atoms with Crippen molar-refractivity contribution in [3.63, 3.8) is 0 Å². The van der Waals surface area contributed by atoms with Crippen LogP contribution in [0.15, 0.2) is 53.3 Å². The molecule has 0 bridgehead atoms. The van der Waals surface area contributed by atoms with Crippen LogP contribution in [0, 0.1) is 0 Å². The van der Waals surface area contributed by atoms with E-state index in [2.05, 4.69) is 15.5 Å². The van der Waals surface area contributed by atoms with Gasteiger partial charge in [0.1, 0.15) is 5.75 Å². The lowest BCUT2D eigenvalue weighted by Crippen LogP contribution is -2.35. The van der Waals surface area contributed by atoms with Crippen molar-refractivity contribution in [3.05, 3.63) is 70.1 Å². The van der Waals surface area contributed by atoms with Crippen molar-refractivity contribution in [2.75, 3.05) is 27.7 Å². The third-order valence-corrected chi connectivity index (χ3v) is 4.47. The van der Waals surface area contributed by atoms with Crippen LogP contribution in [0.4, 0.5) is 0 Å². The molecular weight excluding hydrogens is 344 g/mol. The Balaban J connectivity index is 1.83. The molecule has 0 saturated heterocycles. The molecule has 7 heteroatoms. The van der Waals surface area contributed by atoms with Crippen LogP contribution in [0.3, 0.4) is 0 Å². The number of carbonyl (C=O) groups excluding carboxylic acids is 1. The number of rotatable bonds is 6. The molecule has 0 unspecified atom stereocenters. The average molecular weight is 366 g/mol. The zero-order valence-electron chi connectivity index (χ0n) is 15.5. The molecule has 0 aliphatic rings. The maximum Gasteiger partial charge on any atom is 0.272 e. The van der Waals surface area contributed by atoms with Crippen molar-refractivity contribution in [1.29, 1.82) is 0 Å². The number of likely N-dealkylation sites (N-methyl/N-ethyl adjacent to an activating group) is 1. The predicted molar refractivity (Wildman–Crippen MR) is 104 cm³/mol. The fourth-order valence-electron chi connectivity index (χ4n) is 3.01. The summed E-state index contributed by atoms with van der Waals surface area (Å²) < 4.78 is 5.29. The third kappa shape index (κ3) is 3.98. The number of nitrogens with one attached hydrogen (secondary N) is 2. The summed E-state index contributed by atoms with van der Waals surface area (Å²) in [5.41, 5.74) is 0.914. The molecule has 0 spiro atoms. The van der Waals surface area contributed by atoms with Crippen LogP contribution in [0.1, 0.15) is 22.1 Å². The zero-order chi connectivity index (χ0) is 19.4. The fourth-order valence-corrected chi connectivity index (χ4v) is 3.01. The van der Waals surface area contributed by atoms with E-state index in [1.54, 1.807) is 31.4 Å². The molecule has 140 valence electrons. The minimum absolute atomic E-state index is 0.0434. The van der Waals surface area contributed by atoms with Gasteiger partial charge < -0.3 is 15.0 Å². The minimum atomic E-state index is -0.336. The molecule has 1 aromatic heterocycles. The van der Waals surface area contributed by atoms with Crippen molar-refractivity contribution in [1.82, 2.24) is 20.4 Å². The lowest BCUT2D eigenvalue weighted by Gasteiger charge is -2.25. The van der Waals surface area contributed by atoms with Gasteiger partial charge in [0.25, 0.3) is 11.5 Å². The number of amides is 1. The summed E-state index contributed by atoms with van der Waals surface area (Å²) >= 11 is 0. The van der Waals surface area contributed by atoms with E-state index in [9.17, 15) is 9.59 Å². The molecule has 0 aliphatic heterocycles. The topological polar surface area (TPSA) is 87.3 Å². The van der Waals surface area contributed by atoms with Crippen LogP contribution in [-0.2, 0) is 0 Å². The number of nitrogens with zero attached hydrogens (tertiary/aromatic N) is 2. The van der Waals surface area contributed by atoms with Crippen molar-refractivity contribution >= 4 is 16.7 Å². The molecule has 0 saturated carbocycles. The Bertz CT molecular complexity index is 1010. The minimum Gasteiger partial charge on any atom is -0.497 e. The molecule has 0 radical (unpaired) electrons. The van der Waals surface area contributed by atoms with Crippen LogP contribution in [0.25, 0.3) is 10.8 Å². The maximum absolute atomic E-state index is 12.7. The van der Waals surface area contributed by atoms with Crippen LogP contribution in [0.5, 0.6) is 5.75 Å². The number of hydrogen-bond acceptors (Lipinski definition) is 5. The van der Waals surface area contributed by atoms with E-state index in [1.165, 1.54) is 0 Å². The summed E-state index contributed by atoms with van der Waals surface area (Å²) in [7, 11) is 5.52. The largest absolute Gasteiger partial charge is 0.497 e. The number of carbonyl (C=O) groups is 1. The highest BCUT2D eigenvalue weighted by Gasteiger charge is 2.19. The Kier molecular flexibility index (Phi) is 5.52. The molecule has 1 amide bonds. The summed E-state index contributed by atoms with van der Waals surface area (Å²) in [6.45, 7) is 0.383. The number of benzene rings is 2. The Labute approximate surface area is 157 Å². The highest BCUT2D eigenvalue weighted by atomic mass is 16.5. The van der Waals surface area contributed by atoms with Crippen LogP contribution in [-0.4, -0.2) is 48.8 Å². The molecule has 1 atom stereocenters. The first-order valence-electron chi connectivity index (χ1n) is 8.57. The molecule has 0 aliphatic carbocycles. The lowest BCUT2D eigenvalue weighted by atomic mass is 10.1. The van der Waals surface area contributed by atoms with Crippen LogP contribution >= 0.6 is 0 Å². The van der Waals surface area contributed by atoms with Gasteiger partial charge >= 0.3 is 0 Å². The summed E-state index contributed by atoms with van der Waals surface area (Å²) in [6.07, 6.45) is 0. The first kappa shape index (κ1) is 18.6. The summed E-state index contributed by atoms with van der Waals surface area (Å²) in [4.78, 5) is 26.6. The monoisotopic (exact) mass is 366 g/mol. The Morgan fingerprint density at radius 2 is 1.93 bits per heavy atom. The van der Waals surface area contributed by atoms with Gasteiger partial charge in [-0.3, -0.25) is 9.59 Å². The van der Waals surface area contributed by atoms with Crippen molar-refractivity contribution in [3.8, 4) is 5.75 Å². The summed E-state index contributed by atoms with van der Waals surface area (Å²) in [5, 5.41) is 10.2. The predicted octanol–water partition coefficient (Wildman–Crippen LogP) is 1.96. The number of aromatic amines is 1. The molecule has 2 N–H and O–H groups in total. The molecule has 1 heterocycles. The van der Waals surface area contributed by atoms with Crippen molar-refractivity contribution in [2.45, 2.75) is 6.04 Å². The molecular formula is C20H22N4O3. The lowest BCUT2D eigenvalue weighted by molar-refractivity contribution is 0.0937. The van der Waals surface area contributed by atoms with Gasteiger partial charge in [0.15, 0.2) is 5.69 Å². The van der Waals surface area contributed by atoms with Gasteiger partial charge in [-0.25, -0.2) is 5.10 Å². The number of fused-ring (bicyclic) bond motifs is 1. The summed E-state index contributed by atoms with van der Waals surface area (Å²) in [5.74, 6) is 0.427. The second-order valence-electron chi connectivity index (χ2n) is 6.41. The smallest absolute Gasteiger partial charge is 0.272 e. The van der Waals surface area contributed by atoms with E-state index < -0.39 is 0 Å². The number of hydrogen-bond donors (Lipinski definition) is 2. The fraction of sp³-hybridized carbons (Fsp3) is 0.250. The Morgan fingerprint density at radius 3 is 2.63 bits per heavy atom. The van der Waals surface area contributed by atoms with Crippen LogP contribution < -0.4 is 15.6 Å². The van der Waals surface area contributed by atoms with E-state index >= 15 is 0 Å². The van der Waals surface area contributed by atoms with E-state index in [-0.39, 0.29) is 23.2 Å². The number of ether oxygens (including phenoxy) is 1. The summed E-state index contributed by atoms with van der Waals surface area (Å²) in [6, 6.07) is 14.6. The highest BCUT2D eigenvalue weighted by Crippen LogP contribution is 2.22. The molecule has 3 rings (SSSR count). The normalized spacial score (nSPS) is 12.1. The molecule has 0 fully saturated rings. The van der Waals surface area contributed by atoms with Gasteiger partial charge in [0.05, 0.1) is 18.5 Å². The van der Waals surface area contributed by atoms with Gasteiger partial charge in [0, 0.05) is 11.9 Å². The van der Waals surface area contributed by atoms with Gasteiger partial charge in [-0.05, 0) is 37.9 Å². The Hall–Kier alpha value is -3.19. The van der Waals surface area contributed by atoms with E-state index in [0.717, 1.165) is 11.3 Å². The maximum atomic E-state index is 12.7. The number of aromatic nitrogens is 2. The molecule has 3 aromatic rings. The first-order chi connectivity index (χ1) is 13.0.